The van der Waals surface area contributed by atoms with Gasteiger partial charge in [0.2, 0.25) is 11.8 Å². The molecule has 3 aromatic rings. The molecule has 1 amide bonds. The minimum Gasteiger partial charge on any atom is -0.420 e. The molecule has 132 valence electrons. The van der Waals surface area contributed by atoms with Gasteiger partial charge in [0.1, 0.15) is 0 Å². The number of nitrogens with zero attached hydrogens (tertiary/aromatic N) is 4. The number of likely N-dealkylation sites (tertiary alicyclic amines) is 1. The number of benzene rings is 1. The lowest BCUT2D eigenvalue weighted by Gasteiger charge is -2.31. The Morgan fingerprint density at radius 3 is 2.85 bits per heavy atom. The molecule has 0 N–H and O–H groups in total. The molecule has 0 aliphatic carbocycles. The van der Waals surface area contributed by atoms with Gasteiger partial charge in [-0.3, -0.25) is 9.78 Å². The van der Waals surface area contributed by atoms with E-state index in [2.05, 4.69) is 31.1 Å². The summed E-state index contributed by atoms with van der Waals surface area (Å²) >= 11 is 3.36. The second-order valence-corrected chi connectivity index (χ2v) is 7.21. The van der Waals surface area contributed by atoms with Crippen LogP contribution >= 0.6 is 15.9 Å². The summed E-state index contributed by atoms with van der Waals surface area (Å²) in [5.41, 5.74) is 1.48. The second-order valence-electron chi connectivity index (χ2n) is 6.29. The van der Waals surface area contributed by atoms with Crippen molar-refractivity contribution in [1.82, 2.24) is 20.1 Å². The summed E-state index contributed by atoms with van der Waals surface area (Å²) in [5.74, 6) is 1.14. The zero-order chi connectivity index (χ0) is 17.9. The van der Waals surface area contributed by atoms with Crippen molar-refractivity contribution in [2.24, 2.45) is 0 Å². The van der Waals surface area contributed by atoms with Crippen LogP contribution in [0, 0.1) is 0 Å². The Morgan fingerprint density at radius 2 is 2.04 bits per heavy atom. The number of aromatic nitrogens is 3. The average molecular weight is 413 g/mol. The van der Waals surface area contributed by atoms with Crippen LogP contribution in [-0.4, -0.2) is 39.1 Å². The van der Waals surface area contributed by atoms with Crippen molar-refractivity contribution in [3.63, 3.8) is 0 Å². The summed E-state index contributed by atoms with van der Waals surface area (Å²) in [7, 11) is 0. The predicted octanol–water partition coefficient (Wildman–Crippen LogP) is 3.91. The van der Waals surface area contributed by atoms with Gasteiger partial charge in [-0.25, -0.2) is 0 Å². The maximum absolute atomic E-state index is 12.8. The highest BCUT2D eigenvalue weighted by molar-refractivity contribution is 9.10. The molecule has 1 fully saturated rings. The molecule has 1 aliphatic rings. The molecule has 1 aromatic carbocycles. The summed E-state index contributed by atoms with van der Waals surface area (Å²) in [4.78, 5) is 18.7. The number of hydrogen-bond acceptors (Lipinski definition) is 5. The minimum absolute atomic E-state index is 0.0219. The number of hydrogen-bond donors (Lipinski definition) is 0. The van der Waals surface area contributed by atoms with E-state index >= 15 is 0 Å². The van der Waals surface area contributed by atoms with Crippen molar-refractivity contribution in [3.05, 3.63) is 64.7 Å². The molecular weight excluding hydrogens is 396 g/mol. The fraction of sp³-hybridized carbons (Fsp3) is 0.263. The third kappa shape index (κ3) is 3.53. The second kappa shape index (κ2) is 7.37. The highest BCUT2D eigenvalue weighted by Gasteiger charge is 2.29. The zero-order valence-corrected chi connectivity index (χ0v) is 15.6. The Kier molecular flexibility index (Phi) is 4.79. The molecule has 6 nitrogen and oxygen atoms in total. The van der Waals surface area contributed by atoms with Crippen LogP contribution in [0.3, 0.4) is 0 Å². The SMILES string of the molecule is O=C(c1cncc(Br)c1)N1CCC[C@@H](c2nnc(-c3ccccc3)o2)C1. The van der Waals surface area contributed by atoms with Gasteiger partial charge in [0, 0.05) is 35.5 Å². The molecule has 0 bridgehead atoms. The number of rotatable bonds is 3. The monoisotopic (exact) mass is 412 g/mol. The van der Waals surface area contributed by atoms with Crippen LogP contribution in [0.5, 0.6) is 0 Å². The van der Waals surface area contributed by atoms with E-state index in [1.54, 1.807) is 18.5 Å². The normalized spacial score (nSPS) is 17.3. The molecule has 1 aliphatic heterocycles. The quantitative estimate of drug-likeness (QED) is 0.651. The first kappa shape index (κ1) is 16.9. The van der Waals surface area contributed by atoms with Crippen molar-refractivity contribution in [1.29, 1.82) is 0 Å². The Hall–Kier alpha value is -2.54. The number of amides is 1. The molecule has 4 rings (SSSR count). The number of pyridine rings is 1. The third-order valence-corrected chi connectivity index (χ3v) is 4.90. The summed E-state index contributed by atoms with van der Waals surface area (Å²) in [5, 5.41) is 8.39. The fourth-order valence-corrected chi connectivity index (χ4v) is 3.54. The maximum atomic E-state index is 12.8. The summed E-state index contributed by atoms with van der Waals surface area (Å²) in [6.07, 6.45) is 5.09. The minimum atomic E-state index is -0.0219. The smallest absolute Gasteiger partial charge is 0.255 e. The van der Waals surface area contributed by atoms with Gasteiger partial charge in [-0.1, -0.05) is 18.2 Å². The lowest BCUT2D eigenvalue weighted by atomic mass is 9.97. The molecule has 1 saturated heterocycles. The zero-order valence-electron chi connectivity index (χ0n) is 14.0. The summed E-state index contributed by atoms with van der Waals surface area (Å²) in [6, 6.07) is 11.5. The molecule has 0 saturated carbocycles. The van der Waals surface area contributed by atoms with Crippen molar-refractivity contribution in [2.45, 2.75) is 18.8 Å². The van der Waals surface area contributed by atoms with Crippen LogP contribution < -0.4 is 0 Å². The Balaban J connectivity index is 1.50. The lowest BCUT2D eigenvalue weighted by Crippen LogP contribution is -2.39. The third-order valence-electron chi connectivity index (χ3n) is 4.47. The fourth-order valence-electron chi connectivity index (χ4n) is 3.17. The van der Waals surface area contributed by atoms with E-state index in [1.807, 2.05) is 35.2 Å². The van der Waals surface area contributed by atoms with Gasteiger partial charge in [-0.15, -0.1) is 10.2 Å². The lowest BCUT2D eigenvalue weighted by molar-refractivity contribution is 0.0698. The molecule has 0 radical (unpaired) electrons. The van der Waals surface area contributed by atoms with E-state index in [-0.39, 0.29) is 11.8 Å². The van der Waals surface area contributed by atoms with E-state index < -0.39 is 0 Å². The Labute approximate surface area is 159 Å². The van der Waals surface area contributed by atoms with Crippen LogP contribution in [0.15, 0.2) is 57.7 Å². The van der Waals surface area contributed by atoms with Crippen molar-refractivity contribution in [2.75, 3.05) is 13.1 Å². The van der Waals surface area contributed by atoms with Gasteiger partial charge in [0.05, 0.1) is 11.5 Å². The Morgan fingerprint density at radius 1 is 1.19 bits per heavy atom. The van der Waals surface area contributed by atoms with Gasteiger partial charge >= 0.3 is 0 Å². The standard InChI is InChI=1S/C19H17BrN4O2/c20-16-9-15(10-21-11-16)19(25)24-8-4-7-14(12-24)18-23-22-17(26-18)13-5-2-1-3-6-13/h1-3,5-6,9-11,14H,4,7-8,12H2/t14-/m1/s1. The molecule has 26 heavy (non-hydrogen) atoms. The summed E-state index contributed by atoms with van der Waals surface area (Å²) in [6.45, 7) is 1.29. The van der Waals surface area contributed by atoms with Crippen LogP contribution in [0.25, 0.3) is 11.5 Å². The predicted molar refractivity (Wildman–Crippen MR) is 99.5 cm³/mol. The van der Waals surface area contributed by atoms with Crippen LogP contribution in [0.1, 0.15) is 35.0 Å². The van der Waals surface area contributed by atoms with Crippen molar-refractivity contribution < 1.29 is 9.21 Å². The van der Waals surface area contributed by atoms with Gasteiger partial charge < -0.3 is 9.32 Å². The maximum Gasteiger partial charge on any atom is 0.255 e. The number of carbonyl (C=O) groups is 1. The molecule has 7 heteroatoms. The Bertz CT molecular complexity index is 913. The highest BCUT2D eigenvalue weighted by Crippen LogP contribution is 2.29. The first-order valence-electron chi connectivity index (χ1n) is 8.49. The van der Waals surface area contributed by atoms with E-state index in [1.165, 1.54) is 0 Å². The van der Waals surface area contributed by atoms with Gasteiger partial charge in [0.15, 0.2) is 0 Å². The largest absolute Gasteiger partial charge is 0.420 e. The highest BCUT2D eigenvalue weighted by atomic mass is 79.9. The average Bonchev–Trinajstić information content (AvgIpc) is 3.18. The molecule has 0 unspecified atom stereocenters. The van der Waals surface area contributed by atoms with Gasteiger partial charge in [-0.2, -0.15) is 0 Å². The van der Waals surface area contributed by atoms with E-state index in [0.29, 0.717) is 23.9 Å². The number of carbonyl (C=O) groups excluding carboxylic acids is 1. The van der Waals surface area contributed by atoms with Crippen LogP contribution in [-0.2, 0) is 0 Å². The molecule has 1 atom stereocenters. The van der Waals surface area contributed by atoms with Crippen molar-refractivity contribution >= 4 is 21.8 Å². The first-order valence-corrected chi connectivity index (χ1v) is 9.28. The number of halogens is 1. The molecule has 3 heterocycles. The van der Waals surface area contributed by atoms with E-state index in [4.69, 9.17) is 4.42 Å². The van der Waals surface area contributed by atoms with Gasteiger partial charge in [-0.05, 0) is 47.0 Å². The van der Waals surface area contributed by atoms with Gasteiger partial charge in [0.25, 0.3) is 5.91 Å². The summed E-state index contributed by atoms with van der Waals surface area (Å²) < 4.78 is 6.67. The molecular formula is C19H17BrN4O2. The number of piperidine rings is 1. The van der Waals surface area contributed by atoms with E-state index in [9.17, 15) is 4.79 Å². The molecule has 2 aromatic heterocycles. The van der Waals surface area contributed by atoms with Crippen LogP contribution in [0.2, 0.25) is 0 Å². The van der Waals surface area contributed by atoms with E-state index in [0.717, 1.165) is 29.4 Å². The first-order chi connectivity index (χ1) is 12.7. The topological polar surface area (TPSA) is 72.1 Å². The van der Waals surface area contributed by atoms with Crippen molar-refractivity contribution in [3.8, 4) is 11.5 Å². The van der Waals surface area contributed by atoms with Crippen LogP contribution in [0.4, 0.5) is 0 Å². The molecule has 0 spiro atoms.